The molecule has 2 rings (SSSR count). The van der Waals surface area contributed by atoms with E-state index in [1.54, 1.807) is 12.1 Å². The van der Waals surface area contributed by atoms with Gasteiger partial charge in [-0.05, 0) is 24.3 Å². The van der Waals surface area contributed by atoms with Crippen LogP contribution in [0.3, 0.4) is 0 Å². The number of halogens is 3. The highest BCUT2D eigenvalue weighted by Gasteiger charge is 2.30. The third-order valence-electron chi connectivity index (χ3n) is 3.28. The van der Waals surface area contributed by atoms with E-state index in [2.05, 4.69) is 15.3 Å². The lowest BCUT2D eigenvalue weighted by Crippen LogP contribution is -2.26. The quantitative estimate of drug-likeness (QED) is 0.462. The number of benzene rings is 1. The van der Waals surface area contributed by atoms with Crippen molar-refractivity contribution in [2.45, 2.75) is 6.18 Å². The Morgan fingerprint density at radius 1 is 1.15 bits per heavy atom. The fraction of sp³-hybridized carbons (Fsp3) is 0.200. The molecule has 0 aliphatic heterocycles. The number of nitrogens with one attached hydrogen (secondary N) is 1. The standard InChI is InChI=1S/C15H10F3N7O2/c16-15(17,18)10-1-3-11(4-2-10)23-13-12(25(26)27)14(22-9-21-13)24(7-5-19)8-6-20/h1-4,9H,7-8H2,(H,21,22,23). The number of anilines is 3. The zero-order chi connectivity index (χ0) is 20.0. The van der Waals surface area contributed by atoms with E-state index in [1.807, 2.05) is 0 Å². The van der Waals surface area contributed by atoms with Crippen LogP contribution >= 0.6 is 0 Å². The van der Waals surface area contributed by atoms with Crippen molar-refractivity contribution in [3.8, 4) is 12.1 Å². The lowest BCUT2D eigenvalue weighted by Gasteiger charge is -2.17. The third kappa shape index (κ3) is 4.58. The van der Waals surface area contributed by atoms with E-state index in [-0.39, 0.29) is 30.4 Å². The van der Waals surface area contributed by atoms with Crippen LogP contribution in [-0.4, -0.2) is 28.0 Å². The summed E-state index contributed by atoms with van der Waals surface area (Å²) in [5.41, 5.74) is -1.36. The molecule has 0 aliphatic rings. The molecule has 0 unspecified atom stereocenters. The van der Waals surface area contributed by atoms with Crippen molar-refractivity contribution >= 4 is 23.0 Å². The van der Waals surface area contributed by atoms with Crippen molar-refractivity contribution in [3.63, 3.8) is 0 Å². The van der Waals surface area contributed by atoms with Crippen LogP contribution in [0, 0.1) is 32.8 Å². The molecule has 0 atom stereocenters. The number of hydrogen-bond donors (Lipinski definition) is 1. The number of aromatic nitrogens is 2. The van der Waals surface area contributed by atoms with Crippen molar-refractivity contribution in [1.82, 2.24) is 9.97 Å². The summed E-state index contributed by atoms with van der Waals surface area (Å²) in [4.78, 5) is 19.3. The second kappa shape index (κ2) is 7.97. The molecule has 2 aromatic rings. The van der Waals surface area contributed by atoms with Crippen LogP contribution in [0.4, 0.5) is 36.2 Å². The first-order valence-corrected chi connectivity index (χ1v) is 7.20. The molecule has 1 aromatic heterocycles. The van der Waals surface area contributed by atoms with Crippen molar-refractivity contribution in [2.75, 3.05) is 23.3 Å². The van der Waals surface area contributed by atoms with Gasteiger partial charge in [-0.1, -0.05) is 0 Å². The lowest BCUT2D eigenvalue weighted by atomic mass is 10.2. The fourth-order valence-electron chi connectivity index (χ4n) is 2.12. The highest BCUT2D eigenvalue weighted by atomic mass is 19.4. The van der Waals surface area contributed by atoms with Crippen LogP contribution in [0.1, 0.15) is 5.56 Å². The van der Waals surface area contributed by atoms with Crippen LogP contribution in [-0.2, 0) is 6.18 Å². The summed E-state index contributed by atoms with van der Waals surface area (Å²) < 4.78 is 37.8. The molecule has 27 heavy (non-hydrogen) atoms. The summed E-state index contributed by atoms with van der Waals surface area (Å²) in [6.07, 6.45) is -3.53. The summed E-state index contributed by atoms with van der Waals surface area (Å²) in [6.45, 7) is -0.656. The Morgan fingerprint density at radius 2 is 1.74 bits per heavy atom. The van der Waals surface area contributed by atoms with E-state index in [9.17, 15) is 23.3 Å². The van der Waals surface area contributed by atoms with Gasteiger partial charge in [0.05, 0.1) is 22.6 Å². The van der Waals surface area contributed by atoms with E-state index in [0.717, 1.165) is 35.5 Å². The van der Waals surface area contributed by atoms with Gasteiger partial charge in [0, 0.05) is 5.69 Å². The molecule has 1 N–H and O–H groups in total. The van der Waals surface area contributed by atoms with E-state index >= 15 is 0 Å². The van der Waals surface area contributed by atoms with Crippen LogP contribution in [0.25, 0.3) is 0 Å². The van der Waals surface area contributed by atoms with Crippen LogP contribution < -0.4 is 10.2 Å². The molecule has 0 bridgehead atoms. The largest absolute Gasteiger partial charge is 0.416 e. The summed E-state index contributed by atoms with van der Waals surface area (Å²) in [7, 11) is 0. The normalized spacial score (nSPS) is 10.6. The predicted molar refractivity (Wildman–Crippen MR) is 86.9 cm³/mol. The topological polar surface area (TPSA) is 132 Å². The molecule has 1 aromatic carbocycles. The Balaban J connectivity index is 2.43. The second-order valence-electron chi connectivity index (χ2n) is 5.02. The van der Waals surface area contributed by atoms with Crippen molar-refractivity contribution < 1.29 is 18.1 Å². The summed E-state index contributed by atoms with van der Waals surface area (Å²) in [6, 6.07) is 7.36. The third-order valence-corrected chi connectivity index (χ3v) is 3.28. The highest BCUT2D eigenvalue weighted by molar-refractivity contribution is 5.74. The molecule has 0 spiro atoms. The molecular formula is C15H10F3N7O2. The van der Waals surface area contributed by atoms with Gasteiger partial charge in [0.25, 0.3) is 0 Å². The van der Waals surface area contributed by atoms with Gasteiger partial charge in [0.2, 0.25) is 11.6 Å². The summed E-state index contributed by atoms with van der Waals surface area (Å²) in [5.74, 6) is -0.543. The maximum Gasteiger partial charge on any atom is 0.416 e. The average molecular weight is 377 g/mol. The Labute approximate surface area is 150 Å². The summed E-state index contributed by atoms with van der Waals surface area (Å²) >= 11 is 0. The first-order valence-electron chi connectivity index (χ1n) is 7.20. The molecule has 0 aliphatic carbocycles. The maximum absolute atomic E-state index is 12.6. The van der Waals surface area contributed by atoms with Gasteiger partial charge in [-0.3, -0.25) is 10.1 Å². The molecule has 0 radical (unpaired) electrons. The molecule has 12 heteroatoms. The van der Waals surface area contributed by atoms with Gasteiger partial charge in [0.1, 0.15) is 19.4 Å². The minimum Gasteiger partial charge on any atom is -0.334 e. The van der Waals surface area contributed by atoms with Gasteiger partial charge in [-0.15, -0.1) is 0 Å². The zero-order valence-electron chi connectivity index (χ0n) is 13.4. The van der Waals surface area contributed by atoms with E-state index in [1.165, 1.54) is 0 Å². The van der Waals surface area contributed by atoms with E-state index in [4.69, 9.17) is 10.5 Å². The molecule has 0 amide bonds. The van der Waals surface area contributed by atoms with Crippen LogP contribution in [0.15, 0.2) is 30.6 Å². The zero-order valence-corrected chi connectivity index (χ0v) is 13.4. The molecule has 0 fully saturated rings. The monoisotopic (exact) mass is 377 g/mol. The molecule has 0 saturated carbocycles. The second-order valence-corrected chi connectivity index (χ2v) is 5.02. The van der Waals surface area contributed by atoms with Crippen LogP contribution in [0.2, 0.25) is 0 Å². The number of alkyl halides is 3. The van der Waals surface area contributed by atoms with Gasteiger partial charge in [-0.25, -0.2) is 9.97 Å². The van der Waals surface area contributed by atoms with Gasteiger partial charge >= 0.3 is 11.9 Å². The van der Waals surface area contributed by atoms with Crippen molar-refractivity contribution in [1.29, 1.82) is 10.5 Å². The van der Waals surface area contributed by atoms with Gasteiger partial charge in [0.15, 0.2) is 0 Å². The molecule has 138 valence electrons. The number of nitro groups is 1. The first-order chi connectivity index (χ1) is 12.8. The minimum absolute atomic E-state index is 0.128. The minimum atomic E-state index is -4.51. The SMILES string of the molecule is N#CCN(CC#N)c1ncnc(Nc2ccc(C(F)(F)F)cc2)c1[N+](=O)[O-]. The van der Waals surface area contributed by atoms with Gasteiger partial charge in [-0.2, -0.15) is 23.7 Å². The number of nitriles is 2. The molecule has 1 heterocycles. The van der Waals surface area contributed by atoms with E-state index in [0.29, 0.717) is 0 Å². The Morgan fingerprint density at radius 3 is 2.22 bits per heavy atom. The Kier molecular flexibility index (Phi) is 5.72. The summed E-state index contributed by atoms with van der Waals surface area (Å²) in [5, 5.41) is 31.7. The first kappa shape index (κ1) is 19.4. The van der Waals surface area contributed by atoms with Crippen molar-refractivity contribution in [2.24, 2.45) is 0 Å². The van der Waals surface area contributed by atoms with E-state index < -0.39 is 22.4 Å². The highest BCUT2D eigenvalue weighted by Crippen LogP contribution is 2.34. The molecular weight excluding hydrogens is 367 g/mol. The van der Waals surface area contributed by atoms with Crippen LogP contribution in [0.5, 0.6) is 0 Å². The van der Waals surface area contributed by atoms with Gasteiger partial charge < -0.3 is 10.2 Å². The number of rotatable bonds is 6. The average Bonchev–Trinajstić information content (AvgIpc) is 2.61. The Hall–Kier alpha value is -3.93. The number of hydrogen-bond acceptors (Lipinski definition) is 8. The molecule has 9 nitrogen and oxygen atoms in total. The molecule has 0 saturated heterocycles. The maximum atomic E-state index is 12.6. The predicted octanol–water partition coefficient (Wildman–Crippen LogP) is 3.00. The number of nitrogens with zero attached hydrogens (tertiary/aromatic N) is 6. The van der Waals surface area contributed by atoms with Crippen molar-refractivity contribution in [3.05, 3.63) is 46.3 Å². The Bertz CT molecular complexity index is 901. The fourth-order valence-corrected chi connectivity index (χ4v) is 2.12. The smallest absolute Gasteiger partial charge is 0.334 e. The lowest BCUT2D eigenvalue weighted by molar-refractivity contribution is -0.383.